The predicted molar refractivity (Wildman–Crippen MR) is 105 cm³/mol. The van der Waals surface area contributed by atoms with Crippen molar-refractivity contribution in [3.63, 3.8) is 0 Å². The van der Waals surface area contributed by atoms with Crippen LogP contribution in [0.15, 0.2) is 16.0 Å². The Hall–Kier alpha value is -2.04. The number of aliphatic carboxylic acids is 1. The van der Waals surface area contributed by atoms with Gasteiger partial charge in [0.15, 0.2) is 0 Å². The van der Waals surface area contributed by atoms with Crippen molar-refractivity contribution < 1.29 is 24.0 Å². The molecule has 0 bridgehead atoms. The first-order valence-corrected chi connectivity index (χ1v) is 10.5. The van der Waals surface area contributed by atoms with E-state index in [-0.39, 0.29) is 5.56 Å². The summed E-state index contributed by atoms with van der Waals surface area (Å²) in [6, 6.07) is 0.00581. The Morgan fingerprint density at radius 1 is 1.43 bits per heavy atom. The van der Waals surface area contributed by atoms with Gasteiger partial charge in [-0.15, -0.1) is 23.1 Å². The van der Waals surface area contributed by atoms with Gasteiger partial charge in [-0.1, -0.05) is 16.8 Å². The summed E-state index contributed by atoms with van der Waals surface area (Å²) in [6.07, 6.45) is 0. The molecule has 0 unspecified atom stereocenters. The molecule has 2 aliphatic rings. The van der Waals surface area contributed by atoms with Gasteiger partial charge < -0.3 is 19.8 Å². The summed E-state index contributed by atoms with van der Waals surface area (Å²) in [4.78, 5) is 38.4. The number of amides is 2. The highest BCUT2D eigenvalue weighted by Crippen LogP contribution is 2.50. The number of β-lactam (4-membered cyclic amide) rings is 1. The molecule has 2 aromatic rings. The van der Waals surface area contributed by atoms with Gasteiger partial charge in [-0.2, -0.15) is 0 Å². The number of fused-ring (bicyclic) bond motifs is 1. The van der Waals surface area contributed by atoms with Crippen molar-refractivity contribution in [2.45, 2.75) is 43.0 Å². The number of thioether (sulfide) groups is 1. The van der Waals surface area contributed by atoms with Crippen molar-refractivity contribution in [3.05, 3.63) is 27.1 Å². The number of rotatable bonds is 4. The standard InChI is InChI=1S/C17H16ClN3O5S2/c1-6-8(9(20-26-6)7-4-5-27-12(7)18)13(22)19-10-14(23)21-11(16(24)25)17(2,3)28-15(10)21/h4-5,10-11,15H,1-3H3,(H,19,22)(H,24,25)/t10-,11+,15-/m1/s1. The summed E-state index contributed by atoms with van der Waals surface area (Å²) in [5.41, 5.74) is 1.11. The smallest absolute Gasteiger partial charge is 0.327 e. The minimum absolute atomic E-state index is 0.212. The third kappa shape index (κ3) is 2.73. The number of thiophene rings is 1. The lowest BCUT2D eigenvalue weighted by molar-refractivity contribution is -0.159. The average Bonchev–Trinajstić information content (AvgIpc) is 3.26. The zero-order valence-electron chi connectivity index (χ0n) is 15.1. The number of nitrogens with one attached hydrogen (secondary N) is 1. The van der Waals surface area contributed by atoms with Gasteiger partial charge in [-0.05, 0) is 32.2 Å². The number of hydrogen-bond donors (Lipinski definition) is 2. The predicted octanol–water partition coefficient (Wildman–Crippen LogP) is 2.61. The Morgan fingerprint density at radius 3 is 2.75 bits per heavy atom. The molecular weight excluding hydrogens is 426 g/mol. The molecule has 2 aromatic heterocycles. The maximum Gasteiger partial charge on any atom is 0.327 e. The van der Waals surface area contributed by atoms with Crippen LogP contribution in [0.25, 0.3) is 11.3 Å². The number of carboxylic acid groups (broad SMARTS) is 1. The van der Waals surface area contributed by atoms with Gasteiger partial charge in [0, 0.05) is 10.3 Å². The molecule has 0 aliphatic carbocycles. The van der Waals surface area contributed by atoms with Gasteiger partial charge in [0.25, 0.3) is 5.91 Å². The van der Waals surface area contributed by atoms with Crippen LogP contribution in [0, 0.1) is 6.92 Å². The fraction of sp³-hybridized carbons (Fsp3) is 0.412. The van der Waals surface area contributed by atoms with Crippen LogP contribution < -0.4 is 5.32 Å². The zero-order chi connectivity index (χ0) is 20.4. The van der Waals surface area contributed by atoms with Crippen LogP contribution in [0.4, 0.5) is 0 Å². The SMILES string of the molecule is Cc1onc(-c2ccsc2Cl)c1C(=O)N[C@@H]1C(=O)N2[C@@H]1SC(C)(C)[C@@H]2C(=O)O. The van der Waals surface area contributed by atoms with Crippen LogP contribution in [-0.2, 0) is 9.59 Å². The van der Waals surface area contributed by atoms with Gasteiger partial charge in [-0.3, -0.25) is 9.59 Å². The number of aromatic nitrogens is 1. The normalized spacial score (nSPS) is 25.4. The monoisotopic (exact) mass is 441 g/mol. The Labute approximate surface area is 173 Å². The molecule has 8 nitrogen and oxygen atoms in total. The average molecular weight is 442 g/mol. The van der Waals surface area contributed by atoms with Crippen LogP contribution in [0.2, 0.25) is 4.34 Å². The lowest BCUT2D eigenvalue weighted by atomic mass is 9.96. The minimum Gasteiger partial charge on any atom is -0.480 e. The first kappa shape index (κ1) is 19.3. The van der Waals surface area contributed by atoms with Crippen molar-refractivity contribution in [2.24, 2.45) is 0 Å². The molecule has 2 aliphatic heterocycles. The Kier molecular flexibility index (Phi) is 4.48. The topological polar surface area (TPSA) is 113 Å². The number of nitrogens with zero attached hydrogens (tertiary/aromatic N) is 2. The van der Waals surface area contributed by atoms with Crippen LogP contribution >= 0.6 is 34.7 Å². The summed E-state index contributed by atoms with van der Waals surface area (Å²) in [5.74, 6) is -1.66. The van der Waals surface area contributed by atoms with E-state index in [4.69, 9.17) is 16.1 Å². The maximum absolute atomic E-state index is 12.9. The molecule has 0 spiro atoms. The van der Waals surface area contributed by atoms with Gasteiger partial charge in [-0.25, -0.2) is 4.79 Å². The van der Waals surface area contributed by atoms with Gasteiger partial charge >= 0.3 is 5.97 Å². The third-order valence-electron chi connectivity index (χ3n) is 4.92. The van der Waals surface area contributed by atoms with Crippen molar-refractivity contribution in [1.82, 2.24) is 15.4 Å². The molecule has 0 radical (unpaired) electrons. The molecule has 3 atom stereocenters. The number of hydrogen-bond acceptors (Lipinski definition) is 7. The highest BCUT2D eigenvalue weighted by Gasteiger charge is 2.64. The largest absolute Gasteiger partial charge is 0.480 e. The highest BCUT2D eigenvalue weighted by molar-refractivity contribution is 8.01. The second-order valence-electron chi connectivity index (χ2n) is 7.12. The van der Waals surface area contributed by atoms with E-state index in [1.54, 1.807) is 32.2 Å². The molecule has 2 N–H and O–H groups in total. The molecule has 148 valence electrons. The van der Waals surface area contributed by atoms with E-state index in [1.807, 2.05) is 0 Å². The molecule has 2 amide bonds. The lowest BCUT2D eigenvalue weighted by Gasteiger charge is -2.43. The third-order valence-corrected chi connectivity index (χ3v) is 7.67. The quantitative estimate of drug-likeness (QED) is 0.701. The molecule has 2 fully saturated rings. The number of carbonyl (C=O) groups excluding carboxylic acids is 2. The van der Waals surface area contributed by atoms with Gasteiger partial charge in [0.1, 0.15) is 38.8 Å². The molecule has 0 saturated carbocycles. The fourth-order valence-electron chi connectivity index (χ4n) is 3.65. The van der Waals surface area contributed by atoms with E-state index in [0.717, 1.165) is 0 Å². The summed E-state index contributed by atoms with van der Waals surface area (Å²) in [5, 5.41) is 17.5. The number of carboxylic acids is 1. The number of aryl methyl sites for hydroxylation is 1. The van der Waals surface area contributed by atoms with E-state index < -0.39 is 40.0 Å². The second kappa shape index (κ2) is 6.50. The number of carbonyl (C=O) groups is 3. The van der Waals surface area contributed by atoms with E-state index >= 15 is 0 Å². The van der Waals surface area contributed by atoms with E-state index in [1.165, 1.54) is 28.0 Å². The Balaban J connectivity index is 1.59. The van der Waals surface area contributed by atoms with Crippen molar-refractivity contribution in [2.75, 3.05) is 0 Å². The fourth-order valence-corrected chi connectivity index (χ4v) is 6.19. The summed E-state index contributed by atoms with van der Waals surface area (Å²) < 4.78 is 5.00. The molecule has 28 heavy (non-hydrogen) atoms. The summed E-state index contributed by atoms with van der Waals surface area (Å²) >= 11 is 8.83. The van der Waals surface area contributed by atoms with Crippen LogP contribution in [-0.4, -0.2) is 55.2 Å². The summed E-state index contributed by atoms with van der Waals surface area (Å²) in [6.45, 7) is 5.16. The van der Waals surface area contributed by atoms with Crippen molar-refractivity contribution >= 4 is 52.5 Å². The van der Waals surface area contributed by atoms with Crippen LogP contribution in [0.1, 0.15) is 30.0 Å². The molecule has 4 rings (SSSR count). The molecule has 11 heteroatoms. The lowest BCUT2D eigenvalue weighted by Crippen LogP contribution is -2.70. The van der Waals surface area contributed by atoms with E-state index in [2.05, 4.69) is 10.5 Å². The molecule has 2 saturated heterocycles. The van der Waals surface area contributed by atoms with Crippen LogP contribution in [0.3, 0.4) is 0 Å². The molecule has 0 aromatic carbocycles. The van der Waals surface area contributed by atoms with Gasteiger partial charge in [0.05, 0.1) is 0 Å². The van der Waals surface area contributed by atoms with Crippen LogP contribution in [0.5, 0.6) is 0 Å². The Bertz CT molecular complexity index is 1000. The first-order valence-electron chi connectivity index (χ1n) is 8.36. The minimum atomic E-state index is -1.05. The zero-order valence-corrected chi connectivity index (χ0v) is 17.4. The van der Waals surface area contributed by atoms with Gasteiger partial charge in [0.2, 0.25) is 5.91 Å². The Morgan fingerprint density at radius 2 is 2.14 bits per heavy atom. The number of halogens is 1. The molecule has 4 heterocycles. The summed E-state index contributed by atoms with van der Waals surface area (Å²) in [7, 11) is 0. The second-order valence-corrected chi connectivity index (χ2v) is 10.4. The van der Waals surface area contributed by atoms with E-state index in [0.29, 0.717) is 21.4 Å². The van der Waals surface area contributed by atoms with E-state index in [9.17, 15) is 19.5 Å². The highest BCUT2D eigenvalue weighted by atomic mass is 35.5. The molecular formula is C17H16ClN3O5S2. The first-order chi connectivity index (χ1) is 13.1. The van der Waals surface area contributed by atoms with Crippen molar-refractivity contribution in [3.8, 4) is 11.3 Å². The maximum atomic E-state index is 12.9. The van der Waals surface area contributed by atoms with Crippen molar-refractivity contribution in [1.29, 1.82) is 0 Å².